The summed E-state index contributed by atoms with van der Waals surface area (Å²) in [5.41, 5.74) is -0.482. The van der Waals surface area contributed by atoms with Crippen molar-refractivity contribution in [2.45, 2.75) is 53.9 Å². The number of nitrogens with one attached hydrogen (secondary N) is 1. The van der Waals surface area contributed by atoms with Crippen molar-refractivity contribution >= 4 is 28.3 Å². The maximum atomic E-state index is 12.5. The summed E-state index contributed by atoms with van der Waals surface area (Å²) in [6, 6.07) is 0. The lowest BCUT2D eigenvalue weighted by Gasteiger charge is -2.29. The van der Waals surface area contributed by atoms with E-state index in [-0.39, 0.29) is 18.4 Å². The minimum atomic E-state index is -0.482. The molecule has 0 aliphatic carbocycles. The summed E-state index contributed by atoms with van der Waals surface area (Å²) in [6.07, 6.45) is 4.78. The van der Waals surface area contributed by atoms with Gasteiger partial charge in [-0.05, 0) is 13.3 Å². The van der Waals surface area contributed by atoms with Crippen LogP contribution in [0, 0.1) is 12.3 Å². The molecule has 0 bridgehead atoms. The Morgan fingerprint density at radius 2 is 2.00 bits per heavy atom. The first-order valence-electron chi connectivity index (χ1n) is 7.75. The first kappa shape index (κ1) is 18.6. The summed E-state index contributed by atoms with van der Waals surface area (Å²) in [7, 11) is 0. The highest BCUT2D eigenvalue weighted by molar-refractivity contribution is 7.15. The molecule has 1 rings (SSSR count). The Balaban J connectivity index is 2.66. The first-order chi connectivity index (χ1) is 10.2. The molecule has 1 aromatic heterocycles. The van der Waals surface area contributed by atoms with Gasteiger partial charge in [0.15, 0.2) is 5.13 Å². The fourth-order valence-corrected chi connectivity index (χ4v) is 2.70. The van der Waals surface area contributed by atoms with Crippen LogP contribution in [0.15, 0.2) is 6.20 Å². The standard InChI is InChI=1S/C16H27N3O2S/c1-6-7-8-9-19(14(21)16(3,4)5)11-13(20)18-15-17-10-12(2)22-15/h10H,6-9,11H2,1-5H3,(H,17,18,20). The molecule has 1 heterocycles. The van der Waals surface area contributed by atoms with E-state index in [1.807, 2.05) is 27.7 Å². The number of amides is 2. The molecule has 6 heteroatoms. The van der Waals surface area contributed by atoms with Gasteiger partial charge in [-0.15, -0.1) is 11.3 Å². The summed E-state index contributed by atoms with van der Waals surface area (Å²) in [6.45, 7) is 10.4. The molecule has 0 saturated heterocycles. The largest absolute Gasteiger partial charge is 0.333 e. The molecule has 0 fully saturated rings. The number of carbonyl (C=O) groups is 2. The van der Waals surface area contributed by atoms with Crippen LogP contribution in [0.1, 0.15) is 51.8 Å². The minimum absolute atomic E-state index is 0.00840. The summed E-state index contributed by atoms with van der Waals surface area (Å²) in [5.74, 6) is -0.183. The minimum Gasteiger partial charge on any atom is -0.333 e. The van der Waals surface area contributed by atoms with Gasteiger partial charge < -0.3 is 10.2 Å². The number of thiazole rings is 1. The highest BCUT2D eigenvalue weighted by Gasteiger charge is 2.28. The number of carbonyl (C=O) groups excluding carboxylic acids is 2. The van der Waals surface area contributed by atoms with Crippen LogP contribution in [0.2, 0.25) is 0 Å². The van der Waals surface area contributed by atoms with Gasteiger partial charge in [0.2, 0.25) is 11.8 Å². The van der Waals surface area contributed by atoms with Crippen LogP contribution in [0.5, 0.6) is 0 Å². The highest BCUT2D eigenvalue weighted by Crippen LogP contribution is 2.19. The monoisotopic (exact) mass is 325 g/mol. The van der Waals surface area contributed by atoms with E-state index < -0.39 is 5.41 Å². The van der Waals surface area contributed by atoms with Gasteiger partial charge in [0, 0.05) is 23.0 Å². The lowest BCUT2D eigenvalue weighted by Crippen LogP contribution is -2.44. The fourth-order valence-electron chi connectivity index (χ4n) is 2.02. The summed E-state index contributed by atoms with van der Waals surface area (Å²) >= 11 is 1.43. The molecule has 0 aliphatic heterocycles. The molecule has 0 aliphatic rings. The third-order valence-electron chi connectivity index (χ3n) is 3.16. The zero-order chi connectivity index (χ0) is 16.8. The molecule has 124 valence electrons. The van der Waals surface area contributed by atoms with Crippen molar-refractivity contribution in [2.75, 3.05) is 18.4 Å². The number of anilines is 1. The number of rotatable bonds is 7. The second kappa shape index (κ2) is 8.27. The molecular weight excluding hydrogens is 298 g/mol. The van der Waals surface area contributed by atoms with Crippen molar-refractivity contribution in [3.63, 3.8) is 0 Å². The van der Waals surface area contributed by atoms with Crippen molar-refractivity contribution in [2.24, 2.45) is 5.41 Å². The Hall–Kier alpha value is -1.43. The number of hydrogen-bond acceptors (Lipinski definition) is 4. The summed E-state index contributed by atoms with van der Waals surface area (Å²) < 4.78 is 0. The van der Waals surface area contributed by atoms with Crippen molar-refractivity contribution in [3.8, 4) is 0 Å². The van der Waals surface area contributed by atoms with Crippen LogP contribution in [0.3, 0.4) is 0 Å². The van der Waals surface area contributed by atoms with Crippen LogP contribution in [-0.2, 0) is 9.59 Å². The maximum Gasteiger partial charge on any atom is 0.245 e. The van der Waals surface area contributed by atoms with E-state index in [1.54, 1.807) is 11.1 Å². The average Bonchev–Trinajstić information content (AvgIpc) is 2.81. The molecule has 0 radical (unpaired) electrons. The molecule has 1 N–H and O–H groups in total. The number of nitrogens with zero attached hydrogens (tertiary/aromatic N) is 2. The van der Waals surface area contributed by atoms with E-state index >= 15 is 0 Å². The highest BCUT2D eigenvalue weighted by atomic mass is 32.1. The molecule has 0 atom stereocenters. The van der Waals surface area contributed by atoms with Crippen LogP contribution < -0.4 is 5.32 Å². The zero-order valence-electron chi connectivity index (χ0n) is 14.2. The van der Waals surface area contributed by atoms with Gasteiger partial charge in [-0.25, -0.2) is 4.98 Å². The van der Waals surface area contributed by atoms with Crippen molar-refractivity contribution < 1.29 is 9.59 Å². The van der Waals surface area contributed by atoms with E-state index in [9.17, 15) is 9.59 Å². The molecule has 0 saturated carbocycles. The van der Waals surface area contributed by atoms with E-state index in [4.69, 9.17) is 0 Å². The maximum absolute atomic E-state index is 12.5. The Morgan fingerprint density at radius 1 is 1.32 bits per heavy atom. The van der Waals surface area contributed by atoms with Gasteiger partial charge in [0.25, 0.3) is 0 Å². The quantitative estimate of drug-likeness (QED) is 0.781. The molecule has 1 aromatic rings. The number of unbranched alkanes of at least 4 members (excludes halogenated alkanes) is 2. The first-order valence-corrected chi connectivity index (χ1v) is 8.57. The van der Waals surface area contributed by atoms with Crippen LogP contribution >= 0.6 is 11.3 Å². The third kappa shape index (κ3) is 6.13. The number of hydrogen-bond donors (Lipinski definition) is 1. The molecule has 5 nitrogen and oxygen atoms in total. The molecule has 0 aromatic carbocycles. The van der Waals surface area contributed by atoms with E-state index in [0.717, 1.165) is 24.1 Å². The normalized spacial score (nSPS) is 11.3. The zero-order valence-corrected chi connectivity index (χ0v) is 15.0. The molecular formula is C16H27N3O2S. The Labute approximate surface area is 137 Å². The average molecular weight is 325 g/mol. The van der Waals surface area contributed by atoms with Crippen LogP contribution in [0.25, 0.3) is 0 Å². The summed E-state index contributed by atoms with van der Waals surface area (Å²) in [4.78, 5) is 31.5. The molecule has 0 unspecified atom stereocenters. The summed E-state index contributed by atoms with van der Waals surface area (Å²) in [5, 5.41) is 3.35. The molecule has 0 spiro atoms. The fraction of sp³-hybridized carbons (Fsp3) is 0.688. The van der Waals surface area contributed by atoms with Gasteiger partial charge in [-0.3, -0.25) is 9.59 Å². The van der Waals surface area contributed by atoms with Crippen molar-refractivity contribution in [1.82, 2.24) is 9.88 Å². The van der Waals surface area contributed by atoms with Gasteiger partial charge in [-0.1, -0.05) is 40.5 Å². The van der Waals surface area contributed by atoms with Crippen LogP contribution in [-0.4, -0.2) is 34.8 Å². The SMILES string of the molecule is CCCCCN(CC(=O)Nc1ncc(C)s1)C(=O)C(C)(C)C. The number of aromatic nitrogens is 1. The topological polar surface area (TPSA) is 62.3 Å². The smallest absolute Gasteiger partial charge is 0.245 e. The van der Waals surface area contributed by atoms with E-state index in [0.29, 0.717) is 11.7 Å². The molecule has 22 heavy (non-hydrogen) atoms. The Kier molecular flexibility index (Phi) is 7.00. The lowest BCUT2D eigenvalue weighted by molar-refractivity contribution is -0.141. The second-order valence-electron chi connectivity index (χ2n) is 6.51. The predicted octanol–water partition coefficient (Wildman–Crippen LogP) is 3.45. The van der Waals surface area contributed by atoms with Crippen molar-refractivity contribution in [1.29, 1.82) is 0 Å². The third-order valence-corrected chi connectivity index (χ3v) is 3.99. The van der Waals surface area contributed by atoms with Gasteiger partial charge in [0.05, 0.1) is 6.54 Å². The predicted molar refractivity (Wildman–Crippen MR) is 91.0 cm³/mol. The second-order valence-corrected chi connectivity index (χ2v) is 7.74. The Bertz CT molecular complexity index is 506. The van der Waals surface area contributed by atoms with Crippen LogP contribution in [0.4, 0.5) is 5.13 Å². The van der Waals surface area contributed by atoms with E-state index in [1.165, 1.54) is 11.3 Å². The van der Waals surface area contributed by atoms with Gasteiger partial charge >= 0.3 is 0 Å². The Morgan fingerprint density at radius 3 is 2.50 bits per heavy atom. The van der Waals surface area contributed by atoms with E-state index in [2.05, 4.69) is 17.2 Å². The lowest BCUT2D eigenvalue weighted by atomic mass is 9.94. The van der Waals surface area contributed by atoms with Crippen molar-refractivity contribution in [3.05, 3.63) is 11.1 Å². The van der Waals surface area contributed by atoms with Gasteiger partial charge in [0.1, 0.15) is 0 Å². The number of aryl methyl sites for hydroxylation is 1. The van der Waals surface area contributed by atoms with Gasteiger partial charge in [-0.2, -0.15) is 0 Å². The molecule has 2 amide bonds.